The van der Waals surface area contributed by atoms with Crippen LogP contribution in [0.1, 0.15) is 10.5 Å². The number of benzene rings is 2. The minimum absolute atomic E-state index is 0.0547. The zero-order chi connectivity index (χ0) is 22.7. The number of methoxy groups -OCH3 is 1. The fourth-order valence-corrected chi connectivity index (χ4v) is 5.33. The number of aromatic nitrogens is 1. The lowest BCUT2D eigenvalue weighted by Gasteiger charge is -2.32. The van der Waals surface area contributed by atoms with Crippen LogP contribution in [0.2, 0.25) is 0 Å². The quantitative estimate of drug-likeness (QED) is 0.504. The van der Waals surface area contributed by atoms with Crippen molar-refractivity contribution in [3.63, 3.8) is 0 Å². The molecule has 32 heavy (non-hydrogen) atoms. The first-order chi connectivity index (χ1) is 15.4. The number of nitrogens with zero attached hydrogens (tertiary/aromatic N) is 3. The second-order valence-electron chi connectivity index (χ2n) is 7.82. The number of likely N-dealkylation sites (N-methyl/N-ethyl adjacent to an activating group) is 1. The topological polar surface area (TPSA) is 81.1 Å². The summed E-state index contributed by atoms with van der Waals surface area (Å²) in [4.78, 5) is 17.1. The molecular formula is C23H27N3O5S. The van der Waals surface area contributed by atoms with Gasteiger partial charge in [0.1, 0.15) is 18.1 Å². The van der Waals surface area contributed by atoms with Crippen LogP contribution in [0.5, 0.6) is 5.75 Å². The van der Waals surface area contributed by atoms with E-state index in [9.17, 15) is 13.2 Å². The molecular weight excluding hydrogens is 430 g/mol. The molecule has 1 saturated heterocycles. The second-order valence-corrected chi connectivity index (χ2v) is 9.60. The van der Waals surface area contributed by atoms with Crippen molar-refractivity contribution in [1.82, 2.24) is 13.8 Å². The Hall–Kier alpha value is -2.88. The molecule has 0 bridgehead atoms. The molecule has 3 aromatic rings. The first-order valence-corrected chi connectivity index (χ1v) is 11.9. The van der Waals surface area contributed by atoms with E-state index >= 15 is 0 Å². The Balaban J connectivity index is 1.64. The van der Waals surface area contributed by atoms with Crippen LogP contribution in [0.15, 0.2) is 59.5 Å². The number of esters is 1. The van der Waals surface area contributed by atoms with E-state index < -0.39 is 16.0 Å². The molecule has 4 rings (SSSR count). The number of carbonyl (C=O) groups is 1. The van der Waals surface area contributed by atoms with Gasteiger partial charge in [-0.2, -0.15) is 0 Å². The van der Waals surface area contributed by atoms with Gasteiger partial charge in [0.25, 0.3) is 10.0 Å². The van der Waals surface area contributed by atoms with Crippen LogP contribution in [-0.2, 0) is 14.8 Å². The summed E-state index contributed by atoms with van der Waals surface area (Å²) in [6.07, 6.45) is 0. The van der Waals surface area contributed by atoms with Crippen LogP contribution < -0.4 is 4.74 Å². The van der Waals surface area contributed by atoms with Crippen molar-refractivity contribution in [3.8, 4) is 5.75 Å². The maximum Gasteiger partial charge on any atom is 0.355 e. The lowest BCUT2D eigenvalue weighted by atomic mass is 10.2. The molecule has 2 aromatic carbocycles. The maximum absolute atomic E-state index is 13.4. The van der Waals surface area contributed by atoms with Gasteiger partial charge in [0.05, 0.1) is 17.5 Å². The second kappa shape index (κ2) is 9.32. The normalized spacial score (nSPS) is 15.7. The zero-order valence-electron chi connectivity index (χ0n) is 18.2. The van der Waals surface area contributed by atoms with Crippen LogP contribution in [0, 0.1) is 0 Å². The number of carbonyl (C=O) groups excluding carboxylic acids is 1. The van der Waals surface area contributed by atoms with E-state index in [0.29, 0.717) is 23.3 Å². The lowest BCUT2D eigenvalue weighted by Crippen LogP contribution is -2.45. The average Bonchev–Trinajstić information content (AvgIpc) is 3.20. The molecule has 0 aliphatic carbocycles. The van der Waals surface area contributed by atoms with Gasteiger partial charge in [0.15, 0.2) is 0 Å². The highest BCUT2D eigenvalue weighted by molar-refractivity contribution is 7.90. The van der Waals surface area contributed by atoms with Crippen molar-refractivity contribution in [2.45, 2.75) is 4.90 Å². The van der Waals surface area contributed by atoms with Crippen LogP contribution in [0.4, 0.5) is 0 Å². The summed E-state index contributed by atoms with van der Waals surface area (Å²) in [5, 5.41) is 0.608. The van der Waals surface area contributed by atoms with Gasteiger partial charge in [-0.25, -0.2) is 17.2 Å². The van der Waals surface area contributed by atoms with Crippen LogP contribution >= 0.6 is 0 Å². The SMILES string of the molecule is COC(=O)c1cc2ccc(OCCN3CCN(C)CC3)cc2n1S(=O)(=O)c1ccccc1. The summed E-state index contributed by atoms with van der Waals surface area (Å²) in [6, 6.07) is 14.7. The van der Waals surface area contributed by atoms with Gasteiger partial charge in [-0.05, 0) is 37.4 Å². The van der Waals surface area contributed by atoms with Gasteiger partial charge in [-0.3, -0.25) is 4.90 Å². The third-order valence-electron chi connectivity index (χ3n) is 5.68. The Kier molecular flexibility index (Phi) is 6.50. The first-order valence-electron chi connectivity index (χ1n) is 10.5. The van der Waals surface area contributed by atoms with Crippen LogP contribution in [-0.4, -0.2) is 81.6 Å². The molecule has 1 aliphatic rings. The number of fused-ring (bicyclic) bond motifs is 1. The monoisotopic (exact) mass is 457 g/mol. The van der Waals surface area contributed by atoms with Crippen molar-refractivity contribution in [2.75, 3.05) is 53.5 Å². The molecule has 1 fully saturated rings. The van der Waals surface area contributed by atoms with Crippen molar-refractivity contribution < 1.29 is 22.7 Å². The number of hydrogen-bond acceptors (Lipinski definition) is 7. The third kappa shape index (κ3) is 4.50. The van der Waals surface area contributed by atoms with Gasteiger partial charge in [0, 0.05) is 44.2 Å². The Bertz CT molecular complexity index is 1200. The molecule has 0 atom stereocenters. The number of ether oxygens (including phenoxy) is 2. The molecule has 0 unspecified atom stereocenters. The van der Waals surface area contributed by atoms with E-state index in [1.165, 1.54) is 25.3 Å². The number of hydrogen-bond donors (Lipinski definition) is 0. The summed E-state index contributed by atoms with van der Waals surface area (Å²) >= 11 is 0. The summed E-state index contributed by atoms with van der Waals surface area (Å²) in [5.74, 6) is -0.177. The van der Waals surface area contributed by atoms with Crippen molar-refractivity contribution >= 4 is 26.9 Å². The van der Waals surface area contributed by atoms with Gasteiger partial charge in [-0.15, -0.1) is 0 Å². The Labute approximate surface area is 188 Å². The summed E-state index contributed by atoms with van der Waals surface area (Å²) in [6.45, 7) is 5.35. The highest BCUT2D eigenvalue weighted by Gasteiger charge is 2.27. The lowest BCUT2D eigenvalue weighted by molar-refractivity contribution is 0.0593. The summed E-state index contributed by atoms with van der Waals surface area (Å²) in [5.41, 5.74) is 0.312. The van der Waals surface area contributed by atoms with Crippen LogP contribution in [0.3, 0.4) is 0 Å². The highest BCUT2D eigenvalue weighted by atomic mass is 32.2. The zero-order valence-corrected chi connectivity index (χ0v) is 19.0. The van der Waals surface area contributed by atoms with E-state index in [1.54, 1.807) is 36.4 Å². The molecule has 1 aliphatic heterocycles. The van der Waals surface area contributed by atoms with Gasteiger partial charge >= 0.3 is 5.97 Å². The van der Waals surface area contributed by atoms with E-state index in [0.717, 1.165) is 36.7 Å². The fraction of sp³-hybridized carbons (Fsp3) is 0.348. The minimum Gasteiger partial charge on any atom is -0.492 e. The largest absolute Gasteiger partial charge is 0.492 e. The first kappa shape index (κ1) is 22.3. The Morgan fingerprint density at radius 1 is 1.00 bits per heavy atom. The third-order valence-corrected chi connectivity index (χ3v) is 7.42. The molecule has 0 amide bonds. The van der Waals surface area contributed by atoms with Gasteiger partial charge in [-0.1, -0.05) is 18.2 Å². The molecule has 0 spiro atoms. The molecule has 1 aromatic heterocycles. The van der Waals surface area contributed by atoms with Crippen LogP contribution in [0.25, 0.3) is 10.9 Å². The molecule has 0 radical (unpaired) electrons. The van der Waals surface area contributed by atoms with Gasteiger partial charge < -0.3 is 14.4 Å². The predicted octanol–water partition coefficient (Wildman–Crippen LogP) is 2.29. The van der Waals surface area contributed by atoms with Crippen molar-refractivity contribution in [3.05, 3.63) is 60.3 Å². The molecule has 170 valence electrons. The molecule has 8 nitrogen and oxygen atoms in total. The van der Waals surface area contributed by atoms with Crippen molar-refractivity contribution in [1.29, 1.82) is 0 Å². The predicted molar refractivity (Wildman–Crippen MR) is 122 cm³/mol. The Morgan fingerprint density at radius 2 is 1.72 bits per heavy atom. The Morgan fingerprint density at radius 3 is 2.41 bits per heavy atom. The molecule has 0 saturated carbocycles. The number of rotatable bonds is 7. The number of piperazine rings is 1. The smallest absolute Gasteiger partial charge is 0.355 e. The highest BCUT2D eigenvalue weighted by Crippen LogP contribution is 2.29. The molecule has 2 heterocycles. The van der Waals surface area contributed by atoms with Gasteiger partial charge in [0.2, 0.25) is 0 Å². The van der Waals surface area contributed by atoms with E-state index in [2.05, 4.69) is 16.8 Å². The van der Waals surface area contributed by atoms with E-state index in [4.69, 9.17) is 9.47 Å². The summed E-state index contributed by atoms with van der Waals surface area (Å²) < 4.78 is 38.6. The molecule has 0 N–H and O–H groups in total. The van der Waals surface area contributed by atoms with E-state index in [1.807, 2.05) is 0 Å². The maximum atomic E-state index is 13.4. The molecule has 9 heteroatoms. The standard InChI is InChI=1S/C23H27N3O5S/c1-24-10-12-25(13-11-24)14-15-31-19-9-8-18-16-22(23(27)30-2)26(21(18)17-19)32(28,29)20-6-4-3-5-7-20/h3-9,16-17H,10-15H2,1-2H3. The van der Waals surface area contributed by atoms with Crippen molar-refractivity contribution in [2.24, 2.45) is 0 Å². The average molecular weight is 458 g/mol. The fourth-order valence-electron chi connectivity index (χ4n) is 3.81. The minimum atomic E-state index is -4.02. The summed E-state index contributed by atoms with van der Waals surface area (Å²) in [7, 11) is -0.676. The van der Waals surface area contributed by atoms with E-state index in [-0.39, 0.29) is 10.6 Å².